The second kappa shape index (κ2) is 9.11. The molecule has 0 aliphatic carbocycles. The summed E-state index contributed by atoms with van der Waals surface area (Å²) in [4.78, 5) is 12.4. The number of para-hydroxylation sites is 1. The first-order chi connectivity index (χ1) is 10.3. The lowest BCUT2D eigenvalue weighted by molar-refractivity contribution is 0.0935. The van der Waals surface area contributed by atoms with Crippen molar-refractivity contribution in [2.45, 2.75) is 32.2 Å². The van der Waals surface area contributed by atoms with Crippen LogP contribution >= 0.6 is 12.4 Å². The minimum Gasteiger partial charge on any atom is -0.348 e. The van der Waals surface area contributed by atoms with Gasteiger partial charge in [-0.3, -0.25) is 4.79 Å². The van der Waals surface area contributed by atoms with Crippen molar-refractivity contribution in [3.05, 3.63) is 36.2 Å². The molecule has 22 heavy (non-hydrogen) atoms. The first kappa shape index (κ1) is 18.1. The maximum absolute atomic E-state index is 12.4. The molecule has 1 amide bonds. The van der Waals surface area contributed by atoms with Crippen LogP contribution in [0.3, 0.4) is 0 Å². The lowest BCUT2D eigenvalue weighted by atomic mass is 10.1. The molecular weight excluding hydrogens is 304 g/mol. The van der Waals surface area contributed by atoms with E-state index in [2.05, 4.69) is 27.8 Å². The zero-order valence-corrected chi connectivity index (χ0v) is 13.3. The van der Waals surface area contributed by atoms with Crippen LogP contribution in [0.2, 0.25) is 0 Å². The zero-order chi connectivity index (χ0) is 15.1. The lowest BCUT2D eigenvalue weighted by Crippen LogP contribution is -2.40. The van der Waals surface area contributed by atoms with Gasteiger partial charge >= 0.3 is 0 Å². The first-order valence-corrected chi connectivity index (χ1v) is 7.09. The van der Waals surface area contributed by atoms with Gasteiger partial charge < -0.3 is 11.1 Å². The van der Waals surface area contributed by atoms with Crippen LogP contribution < -0.4 is 11.1 Å². The third-order valence-electron chi connectivity index (χ3n) is 3.27. The number of benzene rings is 1. The molecule has 120 valence electrons. The normalized spacial score (nSPS) is 11.5. The molecule has 0 aliphatic heterocycles. The van der Waals surface area contributed by atoms with E-state index in [9.17, 15) is 4.79 Å². The van der Waals surface area contributed by atoms with Crippen LogP contribution in [0.25, 0.3) is 5.69 Å². The summed E-state index contributed by atoms with van der Waals surface area (Å²) in [5.74, 6) is -0.160. The predicted octanol–water partition coefficient (Wildman–Crippen LogP) is 1.33. The summed E-state index contributed by atoms with van der Waals surface area (Å²) >= 11 is 0. The van der Waals surface area contributed by atoms with Gasteiger partial charge in [0.25, 0.3) is 5.91 Å². The molecule has 0 spiro atoms. The average molecular weight is 325 g/mol. The molecule has 0 bridgehead atoms. The molecule has 1 atom stereocenters. The van der Waals surface area contributed by atoms with Gasteiger partial charge in [-0.1, -0.05) is 31.9 Å². The summed E-state index contributed by atoms with van der Waals surface area (Å²) in [6.07, 6.45) is 4.46. The molecule has 1 aromatic heterocycles. The van der Waals surface area contributed by atoms with E-state index in [0.29, 0.717) is 17.8 Å². The summed E-state index contributed by atoms with van der Waals surface area (Å²) in [5.41, 5.74) is 6.89. The van der Waals surface area contributed by atoms with Gasteiger partial charge in [-0.25, -0.2) is 0 Å². The van der Waals surface area contributed by atoms with Gasteiger partial charge in [0.15, 0.2) is 0 Å². The molecule has 0 saturated heterocycles. The number of halogens is 1. The van der Waals surface area contributed by atoms with Gasteiger partial charge in [0.1, 0.15) is 6.33 Å². The number of amides is 1. The Balaban J connectivity index is 0.00000242. The summed E-state index contributed by atoms with van der Waals surface area (Å²) in [5, 5.41) is 14.0. The van der Waals surface area contributed by atoms with E-state index in [-0.39, 0.29) is 24.4 Å². The van der Waals surface area contributed by atoms with Gasteiger partial charge in [-0.05, 0) is 29.0 Å². The number of aromatic nitrogens is 4. The zero-order valence-electron chi connectivity index (χ0n) is 12.5. The Hall–Kier alpha value is -1.99. The minimum atomic E-state index is -0.160. The van der Waals surface area contributed by atoms with Crippen molar-refractivity contribution in [3.63, 3.8) is 0 Å². The number of carbonyl (C=O) groups is 1. The van der Waals surface area contributed by atoms with Gasteiger partial charge in [-0.2, -0.15) is 4.68 Å². The van der Waals surface area contributed by atoms with E-state index >= 15 is 0 Å². The topological polar surface area (TPSA) is 98.7 Å². The highest BCUT2D eigenvalue weighted by molar-refractivity contribution is 5.97. The molecule has 3 N–H and O–H groups in total. The Labute approximate surface area is 135 Å². The van der Waals surface area contributed by atoms with Crippen molar-refractivity contribution in [2.75, 3.05) is 6.54 Å². The van der Waals surface area contributed by atoms with Crippen LogP contribution in [0, 0.1) is 0 Å². The molecule has 2 aromatic rings. The van der Waals surface area contributed by atoms with E-state index < -0.39 is 0 Å². The van der Waals surface area contributed by atoms with E-state index in [1.807, 2.05) is 12.1 Å². The molecule has 1 aromatic carbocycles. The van der Waals surface area contributed by atoms with Gasteiger partial charge in [-0.15, -0.1) is 17.5 Å². The van der Waals surface area contributed by atoms with Gasteiger partial charge in [0, 0.05) is 12.6 Å². The standard InChI is InChI=1S/C14H20N6O.ClH/c1-2-3-6-11(9-15)17-14(21)12-7-4-5-8-13(12)20-10-16-18-19-20;/h4-5,7-8,10-11H,2-3,6,9,15H2,1H3,(H,17,21);1H. The number of tetrazole rings is 1. The number of unbranched alkanes of at least 4 members (excludes halogenated alkanes) is 1. The maximum atomic E-state index is 12.4. The fourth-order valence-electron chi connectivity index (χ4n) is 2.10. The van der Waals surface area contributed by atoms with Crippen LogP contribution in [-0.2, 0) is 0 Å². The molecular formula is C14H21ClN6O. The van der Waals surface area contributed by atoms with Crippen LogP contribution in [0.15, 0.2) is 30.6 Å². The highest BCUT2D eigenvalue weighted by Gasteiger charge is 2.16. The number of nitrogens with zero attached hydrogens (tertiary/aromatic N) is 4. The molecule has 0 aliphatic rings. The number of hydrogen-bond donors (Lipinski definition) is 2. The number of nitrogens with two attached hydrogens (primary N) is 1. The Bertz CT molecular complexity index is 574. The van der Waals surface area contributed by atoms with Gasteiger partial charge in [0.05, 0.1) is 11.3 Å². The highest BCUT2D eigenvalue weighted by Crippen LogP contribution is 2.13. The monoisotopic (exact) mass is 324 g/mol. The maximum Gasteiger partial charge on any atom is 0.253 e. The largest absolute Gasteiger partial charge is 0.348 e. The van der Waals surface area contributed by atoms with E-state index in [4.69, 9.17) is 5.73 Å². The van der Waals surface area contributed by atoms with E-state index in [1.165, 1.54) is 11.0 Å². The van der Waals surface area contributed by atoms with Crippen LogP contribution in [0.5, 0.6) is 0 Å². The van der Waals surface area contributed by atoms with Crippen molar-refractivity contribution in [3.8, 4) is 5.69 Å². The van der Waals surface area contributed by atoms with Crippen LogP contribution in [-0.4, -0.2) is 38.7 Å². The molecule has 0 fully saturated rings. The van der Waals surface area contributed by atoms with Crippen LogP contribution in [0.1, 0.15) is 36.5 Å². The summed E-state index contributed by atoms with van der Waals surface area (Å²) in [7, 11) is 0. The number of carbonyl (C=O) groups excluding carboxylic acids is 1. The van der Waals surface area contributed by atoms with E-state index in [0.717, 1.165) is 19.3 Å². The first-order valence-electron chi connectivity index (χ1n) is 7.09. The number of rotatable bonds is 7. The molecule has 8 heteroatoms. The Morgan fingerprint density at radius 3 is 2.82 bits per heavy atom. The Morgan fingerprint density at radius 2 is 2.18 bits per heavy atom. The second-order valence-electron chi connectivity index (χ2n) is 4.82. The molecule has 0 radical (unpaired) electrons. The molecule has 2 rings (SSSR count). The fraction of sp³-hybridized carbons (Fsp3) is 0.429. The molecule has 0 saturated carbocycles. The number of nitrogens with one attached hydrogen (secondary N) is 1. The Kier molecular flexibility index (Phi) is 7.48. The Morgan fingerprint density at radius 1 is 1.41 bits per heavy atom. The molecule has 1 heterocycles. The third-order valence-corrected chi connectivity index (χ3v) is 3.27. The summed E-state index contributed by atoms with van der Waals surface area (Å²) in [6, 6.07) is 7.19. The minimum absolute atomic E-state index is 0. The quantitative estimate of drug-likeness (QED) is 0.800. The summed E-state index contributed by atoms with van der Waals surface area (Å²) in [6.45, 7) is 2.54. The highest BCUT2D eigenvalue weighted by atomic mass is 35.5. The summed E-state index contributed by atoms with van der Waals surface area (Å²) < 4.78 is 1.47. The van der Waals surface area contributed by atoms with E-state index in [1.54, 1.807) is 12.1 Å². The van der Waals surface area contributed by atoms with Crippen molar-refractivity contribution >= 4 is 18.3 Å². The van der Waals surface area contributed by atoms with Gasteiger partial charge in [0.2, 0.25) is 0 Å². The van der Waals surface area contributed by atoms with Crippen molar-refractivity contribution in [1.29, 1.82) is 0 Å². The lowest BCUT2D eigenvalue weighted by Gasteiger charge is -2.17. The van der Waals surface area contributed by atoms with Crippen molar-refractivity contribution < 1.29 is 4.79 Å². The fourth-order valence-corrected chi connectivity index (χ4v) is 2.10. The number of hydrogen-bond acceptors (Lipinski definition) is 5. The average Bonchev–Trinajstić information content (AvgIpc) is 3.05. The second-order valence-corrected chi connectivity index (χ2v) is 4.82. The predicted molar refractivity (Wildman–Crippen MR) is 86.2 cm³/mol. The third kappa shape index (κ3) is 4.51. The van der Waals surface area contributed by atoms with Crippen LogP contribution in [0.4, 0.5) is 0 Å². The van der Waals surface area contributed by atoms with Crippen molar-refractivity contribution in [1.82, 2.24) is 25.5 Å². The molecule has 1 unspecified atom stereocenters. The molecule has 7 nitrogen and oxygen atoms in total. The smallest absolute Gasteiger partial charge is 0.253 e. The van der Waals surface area contributed by atoms with Crippen molar-refractivity contribution in [2.24, 2.45) is 5.73 Å². The SMILES string of the molecule is CCCCC(CN)NC(=O)c1ccccc1-n1cnnn1.Cl.